The van der Waals surface area contributed by atoms with Crippen molar-refractivity contribution in [2.24, 2.45) is 0 Å². The number of benzene rings is 1. The van der Waals surface area contributed by atoms with Gasteiger partial charge in [0.2, 0.25) is 0 Å². The van der Waals surface area contributed by atoms with Gasteiger partial charge in [-0.1, -0.05) is 19.4 Å². The van der Waals surface area contributed by atoms with E-state index in [-0.39, 0.29) is 6.42 Å². The summed E-state index contributed by atoms with van der Waals surface area (Å²) in [6.45, 7) is 5.12. The molecule has 0 saturated heterocycles. The lowest BCUT2D eigenvalue weighted by Gasteiger charge is -2.13. The monoisotopic (exact) mass is 251 g/mol. The van der Waals surface area contributed by atoms with E-state index < -0.39 is 5.97 Å². The van der Waals surface area contributed by atoms with Crippen LogP contribution in [0.4, 0.5) is 0 Å². The van der Waals surface area contributed by atoms with Crippen molar-refractivity contribution in [3.63, 3.8) is 0 Å². The van der Waals surface area contributed by atoms with Crippen molar-refractivity contribution in [3.8, 4) is 11.5 Å². The number of unbranched alkanes of at least 4 members (excludes halogenated alkanes) is 1. The third-order valence-corrected chi connectivity index (χ3v) is 2.41. The van der Waals surface area contributed by atoms with Gasteiger partial charge in [-0.15, -0.1) is 0 Å². The highest BCUT2D eigenvalue weighted by atomic mass is 16.5. The molecule has 18 heavy (non-hydrogen) atoms. The van der Waals surface area contributed by atoms with Crippen LogP contribution >= 0.6 is 0 Å². The standard InChI is InChI=1S/C14H20O4/c1-3-5-8-18-12-7-6-11(10-14(15)16)9-13(12)17-4-2/h6-7,9H,3-5,8,10H2,1-2H3,(H,15,16)/p-1. The van der Waals surface area contributed by atoms with Crippen LogP contribution in [-0.4, -0.2) is 19.2 Å². The number of rotatable bonds is 8. The quantitative estimate of drug-likeness (QED) is 0.658. The van der Waals surface area contributed by atoms with Gasteiger partial charge in [0.25, 0.3) is 0 Å². The van der Waals surface area contributed by atoms with Crippen LogP contribution in [-0.2, 0) is 11.2 Å². The smallest absolute Gasteiger partial charge is 0.161 e. The second kappa shape index (κ2) is 7.58. The van der Waals surface area contributed by atoms with E-state index in [1.165, 1.54) is 0 Å². The molecule has 4 nitrogen and oxygen atoms in total. The van der Waals surface area contributed by atoms with Gasteiger partial charge in [0, 0.05) is 12.4 Å². The molecular formula is C14H19O4-. The Kier molecular flexibility index (Phi) is 6.05. The van der Waals surface area contributed by atoms with Gasteiger partial charge < -0.3 is 19.4 Å². The second-order valence-corrected chi connectivity index (χ2v) is 3.96. The van der Waals surface area contributed by atoms with E-state index in [0.29, 0.717) is 30.3 Å². The molecule has 0 aromatic heterocycles. The summed E-state index contributed by atoms with van der Waals surface area (Å²) in [7, 11) is 0. The summed E-state index contributed by atoms with van der Waals surface area (Å²) in [5, 5.41) is 10.6. The van der Waals surface area contributed by atoms with Gasteiger partial charge in [0.15, 0.2) is 11.5 Å². The minimum atomic E-state index is -1.10. The molecule has 0 bridgehead atoms. The van der Waals surface area contributed by atoms with Crippen molar-refractivity contribution < 1.29 is 19.4 Å². The average molecular weight is 251 g/mol. The predicted molar refractivity (Wildman–Crippen MR) is 66.7 cm³/mol. The summed E-state index contributed by atoms with van der Waals surface area (Å²) in [4.78, 5) is 10.6. The van der Waals surface area contributed by atoms with Crippen LogP contribution in [0.2, 0.25) is 0 Å². The Morgan fingerprint density at radius 2 is 2.00 bits per heavy atom. The van der Waals surface area contributed by atoms with Crippen molar-refractivity contribution in [2.45, 2.75) is 33.1 Å². The normalized spacial score (nSPS) is 10.1. The molecule has 0 saturated carbocycles. The molecule has 1 aromatic carbocycles. The molecule has 0 amide bonds. The minimum absolute atomic E-state index is 0.116. The summed E-state index contributed by atoms with van der Waals surface area (Å²) >= 11 is 0. The fraction of sp³-hybridized carbons (Fsp3) is 0.500. The topological polar surface area (TPSA) is 58.6 Å². The fourth-order valence-electron chi connectivity index (χ4n) is 1.54. The van der Waals surface area contributed by atoms with E-state index in [4.69, 9.17) is 9.47 Å². The summed E-state index contributed by atoms with van der Waals surface area (Å²) in [5.74, 6) is 0.150. The molecule has 0 aliphatic rings. The molecule has 0 radical (unpaired) electrons. The van der Waals surface area contributed by atoms with Gasteiger partial charge in [-0.05, 0) is 31.0 Å². The van der Waals surface area contributed by atoms with E-state index in [9.17, 15) is 9.90 Å². The van der Waals surface area contributed by atoms with Gasteiger partial charge >= 0.3 is 0 Å². The van der Waals surface area contributed by atoms with Gasteiger partial charge in [0.1, 0.15) is 0 Å². The molecule has 1 aromatic rings. The number of ether oxygens (including phenoxy) is 2. The molecule has 0 N–H and O–H groups in total. The summed E-state index contributed by atoms with van der Waals surface area (Å²) in [6, 6.07) is 5.17. The number of carbonyl (C=O) groups is 1. The van der Waals surface area contributed by atoms with Crippen LogP contribution in [0.3, 0.4) is 0 Å². The lowest BCUT2D eigenvalue weighted by Crippen LogP contribution is -2.24. The van der Waals surface area contributed by atoms with E-state index in [1.807, 2.05) is 6.92 Å². The van der Waals surface area contributed by atoms with E-state index in [0.717, 1.165) is 12.8 Å². The molecule has 0 heterocycles. The number of aliphatic carboxylic acids is 1. The highest BCUT2D eigenvalue weighted by molar-refractivity contribution is 5.68. The van der Waals surface area contributed by atoms with Crippen molar-refractivity contribution in [3.05, 3.63) is 23.8 Å². The molecular weight excluding hydrogens is 232 g/mol. The molecule has 1 rings (SSSR count). The fourth-order valence-corrected chi connectivity index (χ4v) is 1.54. The van der Waals surface area contributed by atoms with Crippen LogP contribution in [0.5, 0.6) is 11.5 Å². The number of carboxylic acid groups (broad SMARTS) is 1. The summed E-state index contributed by atoms with van der Waals surface area (Å²) in [5.41, 5.74) is 0.654. The summed E-state index contributed by atoms with van der Waals surface area (Å²) < 4.78 is 11.1. The number of hydrogen-bond acceptors (Lipinski definition) is 4. The first-order valence-electron chi connectivity index (χ1n) is 6.25. The second-order valence-electron chi connectivity index (χ2n) is 3.96. The molecule has 0 spiro atoms. The van der Waals surface area contributed by atoms with Crippen molar-refractivity contribution >= 4 is 5.97 Å². The first-order chi connectivity index (χ1) is 8.67. The van der Waals surface area contributed by atoms with Crippen LogP contribution in [0.25, 0.3) is 0 Å². The van der Waals surface area contributed by atoms with E-state index in [1.54, 1.807) is 18.2 Å². The zero-order valence-corrected chi connectivity index (χ0v) is 10.9. The first kappa shape index (κ1) is 14.4. The van der Waals surface area contributed by atoms with Crippen molar-refractivity contribution in [1.82, 2.24) is 0 Å². The molecule has 0 aliphatic carbocycles. The third kappa shape index (κ3) is 4.65. The predicted octanol–water partition coefficient (Wildman–Crippen LogP) is 1.56. The average Bonchev–Trinajstić information content (AvgIpc) is 2.32. The van der Waals surface area contributed by atoms with Crippen LogP contribution < -0.4 is 14.6 Å². The maximum Gasteiger partial charge on any atom is 0.161 e. The lowest BCUT2D eigenvalue weighted by atomic mass is 10.1. The van der Waals surface area contributed by atoms with E-state index in [2.05, 4.69) is 6.92 Å². The SMILES string of the molecule is CCCCOc1ccc(CC(=O)[O-])cc1OCC. The minimum Gasteiger partial charge on any atom is -0.550 e. The largest absolute Gasteiger partial charge is 0.550 e. The van der Waals surface area contributed by atoms with Gasteiger partial charge in [-0.25, -0.2) is 0 Å². The van der Waals surface area contributed by atoms with E-state index >= 15 is 0 Å². The van der Waals surface area contributed by atoms with Gasteiger partial charge in [-0.2, -0.15) is 0 Å². The van der Waals surface area contributed by atoms with Gasteiger partial charge in [0.05, 0.1) is 13.2 Å². The Morgan fingerprint density at radius 1 is 1.22 bits per heavy atom. The Balaban J connectivity index is 2.78. The third-order valence-electron chi connectivity index (χ3n) is 2.41. The zero-order chi connectivity index (χ0) is 13.4. The molecule has 4 heteroatoms. The highest BCUT2D eigenvalue weighted by Crippen LogP contribution is 2.28. The number of hydrogen-bond donors (Lipinski definition) is 0. The number of carbonyl (C=O) groups excluding carboxylic acids is 1. The lowest BCUT2D eigenvalue weighted by molar-refractivity contribution is -0.304. The maximum atomic E-state index is 10.6. The Labute approximate surface area is 108 Å². The molecule has 0 atom stereocenters. The van der Waals surface area contributed by atoms with Crippen molar-refractivity contribution in [1.29, 1.82) is 0 Å². The number of carboxylic acids is 1. The van der Waals surface area contributed by atoms with Crippen molar-refractivity contribution in [2.75, 3.05) is 13.2 Å². The first-order valence-corrected chi connectivity index (χ1v) is 6.25. The molecule has 0 unspecified atom stereocenters. The van der Waals surface area contributed by atoms with Crippen LogP contribution in [0, 0.1) is 0 Å². The highest BCUT2D eigenvalue weighted by Gasteiger charge is 2.06. The molecule has 100 valence electrons. The molecule has 0 fully saturated rings. The van der Waals surface area contributed by atoms with Gasteiger partial charge in [-0.3, -0.25) is 0 Å². The van der Waals surface area contributed by atoms with Crippen LogP contribution in [0.1, 0.15) is 32.3 Å². The zero-order valence-electron chi connectivity index (χ0n) is 10.9. The Morgan fingerprint density at radius 3 is 2.61 bits per heavy atom. The molecule has 0 aliphatic heterocycles. The maximum absolute atomic E-state index is 10.6. The Bertz CT molecular complexity index is 387. The van der Waals surface area contributed by atoms with Crippen LogP contribution in [0.15, 0.2) is 18.2 Å². The Hall–Kier alpha value is -1.71. The summed E-state index contributed by atoms with van der Waals surface area (Å²) in [6.07, 6.45) is 1.93.